The fourth-order valence-corrected chi connectivity index (χ4v) is 14.6. The monoisotopic (exact) mass is 853 g/mol. The highest BCUT2D eigenvalue weighted by molar-refractivity contribution is 7.30. The first-order chi connectivity index (χ1) is 28.5. The number of pyridine rings is 1. The molecule has 0 spiro atoms. The molecular weight excluding hydrogens is 815 g/mol. The van der Waals surface area contributed by atoms with Crippen LogP contribution in [0.3, 0.4) is 0 Å². The zero-order valence-corrected chi connectivity index (χ0v) is 38.1. The topological polar surface area (TPSA) is 38.7 Å². The van der Waals surface area contributed by atoms with Crippen molar-refractivity contribution in [3.8, 4) is 52.6 Å². The van der Waals surface area contributed by atoms with E-state index in [2.05, 4.69) is 140 Å². The van der Waals surface area contributed by atoms with Gasteiger partial charge in [0.2, 0.25) is 0 Å². The van der Waals surface area contributed by atoms with E-state index in [1.54, 1.807) is 0 Å². The summed E-state index contributed by atoms with van der Waals surface area (Å²) in [6, 6.07) is 31.4. The number of nitrogens with zero attached hydrogens (tertiary/aromatic N) is 3. The van der Waals surface area contributed by atoms with Crippen molar-refractivity contribution in [3.63, 3.8) is 0 Å². The molecule has 0 aliphatic heterocycles. The summed E-state index contributed by atoms with van der Waals surface area (Å²) in [4.78, 5) is 23.8. The Morgan fingerprint density at radius 1 is 0.390 bits per heavy atom. The van der Waals surface area contributed by atoms with Gasteiger partial charge < -0.3 is 0 Å². The number of hydrogen-bond donors (Lipinski definition) is 0. The molecule has 0 saturated heterocycles. The predicted molar refractivity (Wildman–Crippen MR) is 262 cm³/mol. The van der Waals surface area contributed by atoms with Crippen molar-refractivity contribution in [1.29, 1.82) is 0 Å². The summed E-state index contributed by atoms with van der Waals surface area (Å²) in [5.74, 6) is 0. The Kier molecular flexibility index (Phi) is 8.60. The second kappa shape index (κ2) is 13.7. The molecule has 11 rings (SSSR count). The molecule has 0 aliphatic carbocycles. The predicted octanol–water partition coefficient (Wildman–Crippen LogP) is 16.7. The number of benzene rings is 4. The lowest BCUT2D eigenvalue weighted by Crippen LogP contribution is -2.00. The van der Waals surface area contributed by atoms with Crippen molar-refractivity contribution in [2.24, 2.45) is 0 Å². The molecule has 0 unspecified atom stereocenters. The van der Waals surface area contributed by atoms with Crippen molar-refractivity contribution >= 4 is 108 Å². The second-order valence-electron chi connectivity index (χ2n) is 16.0. The normalized spacial score (nSPS) is 12.1. The van der Waals surface area contributed by atoms with Crippen LogP contribution in [0.4, 0.5) is 0 Å². The van der Waals surface area contributed by atoms with Crippen LogP contribution in [0.25, 0.3) is 104 Å². The van der Waals surface area contributed by atoms with Crippen LogP contribution in [-0.4, -0.2) is 15.0 Å². The van der Waals surface area contributed by atoms with Crippen LogP contribution in [-0.2, 0) is 0 Å². The van der Waals surface area contributed by atoms with E-state index in [-0.39, 0.29) is 0 Å². The summed E-state index contributed by atoms with van der Waals surface area (Å²) in [6.45, 7) is 17.7. The molecule has 8 heteroatoms. The highest BCUT2D eigenvalue weighted by Crippen LogP contribution is 2.49. The number of fused-ring (bicyclic) bond motifs is 5. The largest absolute Gasteiger partial charge is 0.253 e. The van der Waals surface area contributed by atoms with Gasteiger partial charge in [0.1, 0.15) is 11.2 Å². The third-order valence-corrected chi connectivity index (χ3v) is 18.2. The van der Waals surface area contributed by atoms with E-state index in [1.807, 2.05) is 62.9 Å². The van der Waals surface area contributed by atoms with Gasteiger partial charge in [0.15, 0.2) is 0 Å². The van der Waals surface area contributed by atoms with Crippen molar-refractivity contribution in [3.05, 3.63) is 135 Å². The Bertz CT molecular complexity index is 3440. The lowest BCUT2D eigenvalue weighted by atomic mass is 10.0. The maximum absolute atomic E-state index is 5.48. The van der Waals surface area contributed by atoms with E-state index in [9.17, 15) is 0 Å². The molecule has 3 nitrogen and oxygen atoms in total. The summed E-state index contributed by atoms with van der Waals surface area (Å²) in [5.41, 5.74) is 15.4. The quantitative estimate of drug-likeness (QED) is 0.173. The summed E-state index contributed by atoms with van der Waals surface area (Å²) in [5, 5.41) is 5.45. The first-order valence-corrected chi connectivity index (χ1v) is 23.9. The van der Waals surface area contributed by atoms with Crippen molar-refractivity contribution in [1.82, 2.24) is 15.0 Å². The molecular formula is C51H39N3S5. The van der Waals surface area contributed by atoms with Crippen LogP contribution in [0, 0.1) is 55.4 Å². The highest BCUT2D eigenvalue weighted by Gasteiger charge is 2.23. The van der Waals surface area contributed by atoms with Crippen molar-refractivity contribution in [2.45, 2.75) is 55.4 Å². The molecule has 11 aromatic rings. The maximum atomic E-state index is 5.48. The van der Waals surface area contributed by atoms with Gasteiger partial charge in [0.25, 0.3) is 0 Å². The minimum absolute atomic E-state index is 0.844. The third kappa shape index (κ3) is 5.87. The fraction of sp³-hybridized carbons (Fsp3) is 0.157. The van der Waals surface area contributed by atoms with Gasteiger partial charge in [-0.3, -0.25) is 4.98 Å². The van der Waals surface area contributed by atoms with Gasteiger partial charge in [0.05, 0.1) is 21.8 Å². The Morgan fingerprint density at radius 3 is 1.37 bits per heavy atom. The van der Waals surface area contributed by atoms with Crippen molar-refractivity contribution < 1.29 is 0 Å². The number of aromatic nitrogens is 3. The van der Waals surface area contributed by atoms with Crippen LogP contribution in [0.5, 0.6) is 0 Å². The van der Waals surface area contributed by atoms with Crippen LogP contribution >= 0.6 is 56.7 Å². The number of aryl methyl sites for hydroxylation is 8. The molecule has 0 atom stereocenters. The number of hydrogen-bond acceptors (Lipinski definition) is 8. The smallest absolute Gasteiger partial charge is 0.117 e. The minimum atomic E-state index is 0.844. The molecule has 0 saturated carbocycles. The van der Waals surface area contributed by atoms with Gasteiger partial charge >= 0.3 is 0 Å². The minimum Gasteiger partial charge on any atom is -0.253 e. The van der Waals surface area contributed by atoms with E-state index < -0.39 is 0 Å². The average molecular weight is 854 g/mol. The van der Waals surface area contributed by atoms with Crippen LogP contribution in [0.2, 0.25) is 0 Å². The van der Waals surface area contributed by atoms with Gasteiger partial charge in [-0.05, 0) is 153 Å². The van der Waals surface area contributed by atoms with Gasteiger partial charge in [-0.15, -0.1) is 56.7 Å². The zero-order chi connectivity index (χ0) is 40.4. The average Bonchev–Trinajstić information content (AvgIpc) is 4.08. The van der Waals surface area contributed by atoms with E-state index >= 15 is 0 Å². The summed E-state index contributed by atoms with van der Waals surface area (Å²) in [6.07, 6.45) is 1.97. The molecule has 4 aromatic carbocycles. The summed E-state index contributed by atoms with van der Waals surface area (Å²) in [7, 11) is 0. The Labute approximate surface area is 363 Å². The molecule has 59 heavy (non-hydrogen) atoms. The zero-order valence-electron chi connectivity index (χ0n) is 34.0. The second-order valence-corrected chi connectivity index (χ2v) is 21.5. The maximum Gasteiger partial charge on any atom is 0.117 e. The molecule has 288 valence electrons. The highest BCUT2D eigenvalue weighted by atomic mass is 32.1. The molecule has 0 radical (unpaired) electrons. The number of rotatable bonds is 5. The standard InChI is InChI=1S/C51H39N3S5/c1-24-11-9-13-32(17-24)44-45(33-14-10-12-25(2)18-33)54-47-43(53-44)26(3)23-52-46(47)42-22-37-31(8)50-36(30(7)51(37)59-42)21-41(58-50)39-16-15-38(56-39)40-20-35-29(6)48-34(19-27(4)55-48)28(5)49(35)57-40/h9-23H,1-8H3. The van der Waals surface area contributed by atoms with Crippen LogP contribution < -0.4 is 0 Å². The molecule has 0 N–H and O–H groups in total. The molecule has 0 bridgehead atoms. The summed E-state index contributed by atoms with van der Waals surface area (Å²) < 4.78 is 5.53. The molecule has 0 aliphatic rings. The fourth-order valence-electron chi connectivity index (χ4n) is 8.69. The SMILES string of the molecule is Cc1cccc(-c2nc3c(C)cnc(-c4cc5c(C)c6sc(-c7ccc(-c8cc9c(C)c%10sc(C)cc%10c(C)c9s8)s7)cc6c(C)c5s4)c3nc2-c2cccc(C)c2)c1. The lowest BCUT2D eigenvalue weighted by Gasteiger charge is -2.14. The first-order valence-electron chi connectivity index (χ1n) is 19.8. The van der Waals surface area contributed by atoms with Gasteiger partial charge in [0, 0.05) is 60.5 Å². The van der Waals surface area contributed by atoms with Gasteiger partial charge in [-0.25, -0.2) is 9.97 Å². The summed E-state index contributed by atoms with van der Waals surface area (Å²) >= 11 is 9.53. The first kappa shape index (κ1) is 36.9. The van der Waals surface area contributed by atoms with Crippen molar-refractivity contribution in [2.75, 3.05) is 0 Å². The molecule has 7 heterocycles. The van der Waals surface area contributed by atoms with Crippen LogP contribution in [0.1, 0.15) is 43.8 Å². The third-order valence-electron chi connectivity index (χ3n) is 11.8. The Balaban J connectivity index is 1.01. The number of thiophene rings is 5. The molecule has 0 fully saturated rings. The van der Waals surface area contributed by atoms with Gasteiger partial charge in [-0.2, -0.15) is 0 Å². The van der Waals surface area contributed by atoms with E-state index in [0.29, 0.717) is 0 Å². The van der Waals surface area contributed by atoms with Gasteiger partial charge in [-0.1, -0.05) is 47.5 Å². The molecule has 7 aromatic heterocycles. The lowest BCUT2D eigenvalue weighted by molar-refractivity contribution is 1.22. The van der Waals surface area contributed by atoms with E-state index in [0.717, 1.165) is 49.7 Å². The van der Waals surface area contributed by atoms with E-state index in [1.165, 1.54) is 98.1 Å². The van der Waals surface area contributed by atoms with E-state index in [4.69, 9.17) is 15.0 Å². The molecule has 0 amide bonds. The van der Waals surface area contributed by atoms with Crippen LogP contribution in [0.15, 0.2) is 91.1 Å². The Morgan fingerprint density at radius 2 is 0.847 bits per heavy atom. The Hall–Kier alpha value is -5.09.